The first kappa shape index (κ1) is 15.5. The third kappa shape index (κ3) is 3.41. The van der Waals surface area contributed by atoms with Crippen molar-refractivity contribution in [3.05, 3.63) is 53.1 Å². The second-order valence-corrected chi connectivity index (χ2v) is 4.63. The maximum absolute atomic E-state index is 13.9. The van der Waals surface area contributed by atoms with Gasteiger partial charge in [0.1, 0.15) is 5.82 Å². The number of aromatic nitrogens is 2. The Kier molecular flexibility index (Phi) is 4.32. The van der Waals surface area contributed by atoms with E-state index in [1.807, 2.05) is 6.92 Å². The van der Waals surface area contributed by atoms with Crippen LogP contribution in [0.4, 0.5) is 17.6 Å². The minimum Gasteiger partial charge on any atom is -0.388 e. The molecule has 2 aromatic rings. The SMILES string of the molecule is CCn1cc(CC(O)c2cccc(C(F)(F)F)c2F)cn1. The monoisotopic (exact) mass is 302 g/mol. The van der Waals surface area contributed by atoms with Gasteiger partial charge in [-0.1, -0.05) is 12.1 Å². The average molecular weight is 302 g/mol. The van der Waals surface area contributed by atoms with Gasteiger partial charge in [0.2, 0.25) is 0 Å². The van der Waals surface area contributed by atoms with Gasteiger partial charge in [-0.15, -0.1) is 0 Å². The molecule has 1 aromatic carbocycles. The van der Waals surface area contributed by atoms with Crippen molar-refractivity contribution in [3.63, 3.8) is 0 Å². The fourth-order valence-electron chi connectivity index (χ4n) is 2.04. The molecule has 1 N–H and O–H groups in total. The van der Waals surface area contributed by atoms with Crippen molar-refractivity contribution in [1.29, 1.82) is 0 Å². The number of nitrogens with zero attached hydrogens (tertiary/aromatic N) is 2. The van der Waals surface area contributed by atoms with Crippen LogP contribution in [0.3, 0.4) is 0 Å². The van der Waals surface area contributed by atoms with Crippen LogP contribution >= 0.6 is 0 Å². The van der Waals surface area contributed by atoms with E-state index in [4.69, 9.17) is 0 Å². The quantitative estimate of drug-likeness (QED) is 0.880. The third-order valence-corrected chi connectivity index (χ3v) is 3.13. The van der Waals surface area contributed by atoms with Crippen molar-refractivity contribution in [3.8, 4) is 0 Å². The van der Waals surface area contributed by atoms with Crippen molar-refractivity contribution >= 4 is 0 Å². The zero-order valence-electron chi connectivity index (χ0n) is 11.2. The van der Waals surface area contributed by atoms with E-state index in [-0.39, 0.29) is 12.0 Å². The molecule has 114 valence electrons. The highest BCUT2D eigenvalue weighted by atomic mass is 19.4. The Morgan fingerprint density at radius 2 is 2.05 bits per heavy atom. The standard InChI is InChI=1S/C14H14F4N2O/c1-2-20-8-9(7-19-20)6-12(21)10-4-3-5-11(13(10)15)14(16,17)18/h3-5,7-8,12,21H,2,6H2,1H3. The Morgan fingerprint density at radius 3 is 2.62 bits per heavy atom. The van der Waals surface area contributed by atoms with Gasteiger partial charge in [0.05, 0.1) is 17.9 Å². The smallest absolute Gasteiger partial charge is 0.388 e. The molecule has 0 saturated carbocycles. The van der Waals surface area contributed by atoms with E-state index in [1.54, 1.807) is 10.9 Å². The molecule has 0 amide bonds. The largest absolute Gasteiger partial charge is 0.419 e. The third-order valence-electron chi connectivity index (χ3n) is 3.13. The Labute approximate surface area is 118 Å². The predicted molar refractivity (Wildman–Crippen MR) is 68.0 cm³/mol. The summed E-state index contributed by atoms with van der Waals surface area (Å²) in [6.45, 7) is 2.51. The van der Waals surface area contributed by atoms with Gasteiger partial charge in [-0.05, 0) is 18.6 Å². The fourth-order valence-corrected chi connectivity index (χ4v) is 2.04. The number of hydrogen-bond acceptors (Lipinski definition) is 2. The molecular weight excluding hydrogens is 288 g/mol. The number of benzene rings is 1. The molecule has 0 radical (unpaired) electrons. The van der Waals surface area contributed by atoms with Crippen LogP contribution in [0.2, 0.25) is 0 Å². The normalized spacial score (nSPS) is 13.4. The van der Waals surface area contributed by atoms with Crippen molar-refractivity contribution in [2.75, 3.05) is 0 Å². The highest BCUT2D eigenvalue weighted by molar-refractivity contribution is 5.30. The lowest BCUT2D eigenvalue weighted by Crippen LogP contribution is -2.12. The summed E-state index contributed by atoms with van der Waals surface area (Å²) in [5.74, 6) is -1.43. The van der Waals surface area contributed by atoms with Gasteiger partial charge in [0.25, 0.3) is 0 Å². The van der Waals surface area contributed by atoms with E-state index >= 15 is 0 Å². The summed E-state index contributed by atoms with van der Waals surface area (Å²) in [5, 5.41) is 14.0. The minimum absolute atomic E-state index is 0.00176. The van der Waals surface area contributed by atoms with Crippen LogP contribution < -0.4 is 0 Å². The topological polar surface area (TPSA) is 38.0 Å². The first-order valence-corrected chi connectivity index (χ1v) is 6.38. The van der Waals surface area contributed by atoms with Gasteiger partial charge in [-0.2, -0.15) is 18.3 Å². The second kappa shape index (κ2) is 5.85. The van der Waals surface area contributed by atoms with Crippen LogP contribution in [0, 0.1) is 5.82 Å². The lowest BCUT2D eigenvalue weighted by Gasteiger charge is -2.15. The van der Waals surface area contributed by atoms with Gasteiger partial charge in [-0.25, -0.2) is 4.39 Å². The number of hydrogen-bond donors (Lipinski definition) is 1. The van der Waals surface area contributed by atoms with Crippen molar-refractivity contribution in [1.82, 2.24) is 9.78 Å². The number of halogens is 4. The van der Waals surface area contributed by atoms with Crippen molar-refractivity contribution in [2.45, 2.75) is 32.2 Å². The lowest BCUT2D eigenvalue weighted by molar-refractivity contribution is -0.140. The molecule has 0 saturated heterocycles. The van der Waals surface area contributed by atoms with Gasteiger partial charge < -0.3 is 5.11 Å². The molecule has 0 bridgehead atoms. The van der Waals surface area contributed by atoms with E-state index in [0.717, 1.165) is 12.1 Å². The van der Waals surface area contributed by atoms with Crippen LogP contribution in [-0.4, -0.2) is 14.9 Å². The Morgan fingerprint density at radius 1 is 1.33 bits per heavy atom. The first-order valence-electron chi connectivity index (χ1n) is 6.38. The zero-order chi connectivity index (χ0) is 15.6. The van der Waals surface area contributed by atoms with Gasteiger partial charge in [0, 0.05) is 24.7 Å². The maximum Gasteiger partial charge on any atom is 0.419 e. The summed E-state index contributed by atoms with van der Waals surface area (Å²) >= 11 is 0. The summed E-state index contributed by atoms with van der Waals surface area (Å²) in [7, 11) is 0. The first-order chi connectivity index (χ1) is 9.82. The average Bonchev–Trinajstić information content (AvgIpc) is 2.85. The summed E-state index contributed by atoms with van der Waals surface area (Å²) in [5.41, 5.74) is -1.11. The van der Waals surface area contributed by atoms with Gasteiger partial charge in [0.15, 0.2) is 0 Å². The molecule has 0 aliphatic heterocycles. The number of aryl methyl sites for hydroxylation is 1. The predicted octanol–water partition coefficient (Wildman–Crippen LogP) is 3.34. The summed E-state index contributed by atoms with van der Waals surface area (Å²) in [6.07, 6.45) is -2.99. The molecule has 0 fully saturated rings. The lowest BCUT2D eigenvalue weighted by atomic mass is 10.0. The Hall–Kier alpha value is -1.89. The van der Waals surface area contributed by atoms with E-state index in [1.165, 1.54) is 6.20 Å². The molecule has 0 aliphatic rings. The van der Waals surface area contributed by atoms with E-state index in [2.05, 4.69) is 5.10 Å². The van der Waals surface area contributed by atoms with Gasteiger partial charge in [-0.3, -0.25) is 4.68 Å². The highest BCUT2D eigenvalue weighted by Crippen LogP contribution is 2.34. The molecule has 1 heterocycles. The van der Waals surface area contributed by atoms with E-state index in [9.17, 15) is 22.7 Å². The van der Waals surface area contributed by atoms with Crippen LogP contribution in [0.5, 0.6) is 0 Å². The van der Waals surface area contributed by atoms with Crippen molar-refractivity contribution in [2.24, 2.45) is 0 Å². The van der Waals surface area contributed by atoms with Gasteiger partial charge >= 0.3 is 6.18 Å². The number of alkyl halides is 3. The maximum atomic E-state index is 13.9. The summed E-state index contributed by atoms with van der Waals surface area (Å²) in [6, 6.07) is 2.89. The molecular formula is C14H14F4N2O. The molecule has 0 aliphatic carbocycles. The van der Waals surface area contributed by atoms with Crippen LogP contribution in [0.25, 0.3) is 0 Å². The van der Waals surface area contributed by atoms with E-state index in [0.29, 0.717) is 18.2 Å². The fraction of sp³-hybridized carbons (Fsp3) is 0.357. The molecule has 21 heavy (non-hydrogen) atoms. The molecule has 1 unspecified atom stereocenters. The molecule has 3 nitrogen and oxygen atoms in total. The zero-order valence-corrected chi connectivity index (χ0v) is 11.2. The Bertz CT molecular complexity index is 622. The van der Waals surface area contributed by atoms with Crippen molar-refractivity contribution < 1.29 is 22.7 Å². The summed E-state index contributed by atoms with van der Waals surface area (Å²) < 4.78 is 53.4. The molecule has 1 atom stereocenters. The molecule has 2 rings (SSSR count). The Balaban J connectivity index is 2.25. The number of aliphatic hydroxyl groups excluding tert-OH is 1. The number of aliphatic hydroxyl groups is 1. The summed E-state index contributed by atoms with van der Waals surface area (Å²) in [4.78, 5) is 0. The van der Waals surface area contributed by atoms with Crippen LogP contribution in [0.15, 0.2) is 30.6 Å². The van der Waals surface area contributed by atoms with Crippen LogP contribution in [0.1, 0.15) is 29.7 Å². The van der Waals surface area contributed by atoms with Crippen LogP contribution in [-0.2, 0) is 19.1 Å². The minimum atomic E-state index is -4.78. The highest BCUT2D eigenvalue weighted by Gasteiger charge is 2.35. The molecule has 1 aromatic heterocycles. The second-order valence-electron chi connectivity index (χ2n) is 4.63. The molecule has 7 heteroatoms. The molecule has 0 spiro atoms. The number of rotatable bonds is 4. The van der Waals surface area contributed by atoms with E-state index < -0.39 is 23.7 Å².